The van der Waals surface area contributed by atoms with Gasteiger partial charge in [0.25, 0.3) is 0 Å². The Balaban J connectivity index is 2.23. The van der Waals surface area contributed by atoms with Crippen molar-refractivity contribution in [3.05, 3.63) is 41.7 Å². The minimum atomic E-state index is -0.534. The van der Waals surface area contributed by atoms with E-state index in [2.05, 4.69) is 36.3 Å². The molecule has 0 saturated carbocycles. The second-order valence-corrected chi connectivity index (χ2v) is 4.76. The van der Waals surface area contributed by atoms with Gasteiger partial charge in [-0.1, -0.05) is 38.1 Å². The number of nitrogens with zero attached hydrogens (tertiary/aromatic N) is 3. The van der Waals surface area contributed by atoms with Crippen LogP contribution >= 0.6 is 0 Å². The maximum atomic E-state index is 9.69. The van der Waals surface area contributed by atoms with Crippen LogP contribution in [0.4, 0.5) is 0 Å². The monoisotopic (exact) mass is 245 g/mol. The molecule has 1 aromatic heterocycles. The van der Waals surface area contributed by atoms with E-state index in [9.17, 15) is 5.11 Å². The SMILES string of the molecule is CCC(O)c1cn(-c2ccc(C(C)C)cc2)nn1. The highest BCUT2D eigenvalue weighted by molar-refractivity contribution is 5.34. The van der Waals surface area contributed by atoms with Gasteiger partial charge < -0.3 is 5.11 Å². The molecule has 1 heterocycles. The minimum absolute atomic E-state index is 0.521. The number of aromatic nitrogens is 3. The van der Waals surface area contributed by atoms with E-state index >= 15 is 0 Å². The van der Waals surface area contributed by atoms with Gasteiger partial charge in [-0.2, -0.15) is 0 Å². The second kappa shape index (κ2) is 5.31. The molecule has 1 aromatic carbocycles. The Morgan fingerprint density at radius 1 is 1.22 bits per heavy atom. The maximum absolute atomic E-state index is 9.69. The molecule has 0 aliphatic heterocycles. The fraction of sp³-hybridized carbons (Fsp3) is 0.429. The van der Waals surface area contributed by atoms with Crippen molar-refractivity contribution in [2.75, 3.05) is 0 Å². The van der Waals surface area contributed by atoms with Gasteiger partial charge in [0.05, 0.1) is 18.0 Å². The first-order chi connectivity index (χ1) is 8.61. The normalized spacial score (nSPS) is 12.9. The lowest BCUT2D eigenvalue weighted by molar-refractivity contribution is 0.169. The third-order valence-electron chi connectivity index (χ3n) is 3.06. The molecule has 1 unspecified atom stereocenters. The average Bonchev–Trinajstić information content (AvgIpc) is 2.87. The van der Waals surface area contributed by atoms with Gasteiger partial charge in [-0.05, 0) is 30.0 Å². The van der Waals surface area contributed by atoms with Crippen molar-refractivity contribution in [1.82, 2.24) is 15.0 Å². The summed E-state index contributed by atoms with van der Waals surface area (Å²) in [6, 6.07) is 8.23. The van der Waals surface area contributed by atoms with E-state index in [0.717, 1.165) is 5.69 Å². The predicted molar refractivity (Wildman–Crippen MR) is 70.7 cm³/mol. The van der Waals surface area contributed by atoms with Gasteiger partial charge in [-0.15, -0.1) is 5.10 Å². The molecule has 2 rings (SSSR count). The topological polar surface area (TPSA) is 50.9 Å². The maximum Gasteiger partial charge on any atom is 0.112 e. The lowest BCUT2D eigenvalue weighted by Crippen LogP contribution is -1.96. The summed E-state index contributed by atoms with van der Waals surface area (Å²) in [6.07, 6.45) is 1.89. The van der Waals surface area contributed by atoms with Gasteiger partial charge in [-0.25, -0.2) is 4.68 Å². The molecule has 0 aliphatic carbocycles. The van der Waals surface area contributed by atoms with Crippen LogP contribution in [0.3, 0.4) is 0 Å². The van der Waals surface area contributed by atoms with Crippen molar-refractivity contribution in [1.29, 1.82) is 0 Å². The molecule has 0 radical (unpaired) electrons. The molecule has 4 nitrogen and oxygen atoms in total. The number of hydrogen-bond donors (Lipinski definition) is 1. The van der Waals surface area contributed by atoms with E-state index in [1.54, 1.807) is 10.9 Å². The predicted octanol–water partition coefficient (Wildman–Crippen LogP) is 2.83. The number of benzene rings is 1. The molecular formula is C14H19N3O. The van der Waals surface area contributed by atoms with Crippen molar-refractivity contribution in [3.63, 3.8) is 0 Å². The minimum Gasteiger partial charge on any atom is -0.387 e. The summed E-state index contributed by atoms with van der Waals surface area (Å²) in [5.74, 6) is 0.521. The first-order valence-corrected chi connectivity index (χ1v) is 6.32. The Kier molecular flexibility index (Phi) is 3.77. The number of rotatable bonds is 4. The fourth-order valence-corrected chi connectivity index (χ4v) is 1.78. The van der Waals surface area contributed by atoms with Gasteiger partial charge >= 0.3 is 0 Å². The third-order valence-corrected chi connectivity index (χ3v) is 3.06. The van der Waals surface area contributed by atoms with Crippen molar-refractivity contribution in [2.24, 2.45) is 0 Å². The summed E-state index contributed by atoms with van der Waals surface area (Å²) in [6.45, 7) is 6.25. The molecule has 0 spiro atoms. The molecule has 0 fully saturated rings. The lowest BCUT2D eigenvalue weighted by Gasteiger charge is -2.06. The van der Waals surface area contributed by atoms with Crippen molar-refractivity contribution in [3.8, 4) is 5.69 Å². The summed E-state index contributed by atoms with van der Waals surface area (Å²) in [5.41, 5.74) is 2.87. The highest BCUT2D eigenvalue weighted by Crippen LogP contribution is 2.18. The smallest absolute Gasteiger partial charge is 0.112 e. The molecule has 1 N–H and O–H groups in total. The van der Waals surface area contributed by atoms with Crippen molar-refractivity contribution >= 4 is 0 Å². The fourth-order valence-electron chi connectivity index (χ4n) is 1.78. The van der Waals surface area contributed by atoms with Crippen molar-refractivity contribution < 1.29 is 5.11 Å². The second-order valence-electron chi connectivity index (χ2n) is 4.76. The Hall–Kier alpha value is -1.68. The quantitative estimate of drug-likeness (QED) is 0.901. The molecule has 1 atom stereocenters. The molecule has 2 aromatic rings. The molecule has 0 amide bonds. The molecule has 96 valence electrons. The largest absolute Gasteiger partial charge is 0.387 e. The zero-order valence-corrected chi connectivity index (χ0v) is 11.0. The first kappa shape index (κ1) is 12.8. The van der Waals surface area contributed by atoms with Gasteiger partial charge in [0.15, 0.2) is 0 Å². The summed E-state index contributed by atoms with van der Waals surface area (Å²) in [7, 11) is 0. The third kappa shape index (κ3) is 2.59. The number of aliphatic hydroxyl groups is 1. The van der Waals surface area contributed by atoms with Crippen LogP contribution in [0.5, 0.6) is 0 Å². The Morgan fingerprint density at radius 3 is 2.44 bits per heavy atom. The van der Waals surface area contributed by atoms with E-state index in [1.807, 2.05) is 19.1 Å². The zero-order chi connectivity index (χ0) is 13.1. The molecule has 0 saturated heterocycles. The van der Waals surface area contributed by atoms with Crippen LogP contribution in [0.15, 0.2) is 30.5 Å². The zero-order valence-electron chi connectivity index (χ0n) is 11.0. The Bertz CT molecular complexity index is 502. The van der Waals surface area contributed by atoms with Crippen LogP contribution in [0, 0.1) is 0 Å². The molecule has 0 aliphatic rings. The molecule has 0 bridgehead atoms. The van der Waals surface area contributed by atoms with E-state index in [-0.39, 0.29) is 0 Å². The van der Waals surface area contributed by atoms with Crippen LogP contribution < -0.4 is 0 Å². The van der Waals surface area contributed by atoms with E-state index in [1.165, 1.54) is 5.56 Å². The van der Waals surface area contributed by atoms with Crippen molar-refractivity contribution in [2.45, 2.75) is 39.2 Å². The van der Waals surface area contributed by atoms with E-state index < -0.39 is 6.10 Å². The molecular weight excluding hydrogens is 226 g/mol. The van der Waals surface area contributed by atoms with Crippen LogP contribution in [0.1, 0.15) is 50.5 Å². The highest BCUT2D eigenvalue weighted by atomic mass is 16.3. The summed E-state index contributed by atoms with van der Waals surface area (Å²) in [4.78, 5) is 0. The molecule has 18 heavy (non-hydrogen) atoms. The van der Waals surface area contributed by atoms with Gasteiger partial charge in [0, 0.05) is 0 Å². The first-order valence-electron chi connectivity index (χ1n) is 6.32. The number of aliphatic hydroxyl groups excluding tert-OH is 1. The van der Waals surface area contributed by atoms with Gasteiger partial charge in [0.1, 0.15) is 5.69 Å². The lowest BCUT2D eigenvalue weighted by atomic mass is 10.0. The van der Waals surface area contributed by atoms with Crippen LogP contribution in [0.2, 0.25) is 0 Å². The van der Waals surface area contributed by atoms with E-state index in [4.69, 9.17) is 0 Å². The van der Waals surface area contributed by atoms with Crippen LogP contribution in [-0.4, -0.2) is 20.1 Å². The summed E-state index contributed by atoms with van der Waals surface area (Å²) >= 11 is 0. The van der Waals surface area contributed by atoms with Crippen LogP contribution in [-0.2, 0) is 0 Å². The Morgan fingerprint density at radius 2 is 1.89 bits per heavy atom. The summed E-state index contributed by atoms with van der Waals surface area (Å²) < 4.78 is 1.69. The summed E-state index contributed by atoms with van der Waals surface area (Å²) in [5, 5.41) is 17.7. The Labute approximate surface area is 107 Å². The number of hydrogen-bond acceptors (Lipinski definition) is 3. The standard InChI is InChI=1S/C14H19N3O/c1-4-14(18)13-9-17(16-15-13)12-7-5-11(6-8-12)10(2)3/h5-10,14,18H,4H2,1-3H3. The highest BCUT2D eigenvalue weighted by Gasteiger charge is 2.10. The van der Waals surface area contributed by atoms with E-state index in [0.29, 0.717) is 18.0 Å². The molecule has 4 heteroatoms. The average molecular weight is 245 g/mol. The van der Waals surface area contributed by atoms with Crippen LogP contribution in [0.25, 0.3) is 5.69 Å². The van der Waals surface area contributed by atoms with Gasteiger partial charge in [0.2, 0.25) is 0 Å². The van der Waals surface area contributed by atoms with Gasteiger partial charge in [-0.3, -0.25) is 0 Å².